The number of anilines is 1. The lowest BCUT2D eigenvalue weighted by Gasteiger charge is -2.48. The van der Waals surface area contributed by atoms with Crippen molar-refractivity contribution in [3.8, 4) is 5.75 Å². The van der Waals surface area contributed by atoms with Gasteiger partial charge in [0.2, 0.25) is 0 Å². The smallest absolute Gasteiger partial charge is 0.313 e. The molecule has 0 aromatic heterocycles. The summed E-state index contributed by atoms with van der Waals surface area (Å²) in [6.45, 7) is 0.713. The first kappa shape index (κ1) is 13.1. The highest BCUT2D eigenvalue weighted by molar-refractivity contribution is 5.62. The summed E-state index contributed by atoms with van der Waals surface area (Å²) in [6, 6.07) is 2.18. The molecule has 0 amide bonds. The van der Waals surface area contributed by atoms with Gasteiger partial charge in [0, 0.05) is 19.2 Å². The lowest BCUT2D eigenvalue weighted by Crippen LogP contribution is -2.63. The molecule has 1 aliphatic carbocycles. The van der Waals surface area contributed by atoms with Gasteiger partial charge in [-0.05, 0) is 18.8 Å². The third kappa shape index (κ3) is 1.98. The fraction of sp³-hybridized carbons (Fsp3) is 0.538. The number of ether oxygens (including phenoxy) is 1. The lowest BCUT2D eigenvalue weighted by molar-refractivity contribution is -0.385. The summed E-state index contributed by atoms with van der Waals surface area (Å²) in [5.41, 5.74) is -0.897. The van der Waals surface area contributed by atoms with Crippen LogP contribution in [-0.2, 0) is 0 Å². The standard InChI is InChI=1S/C13H15FN2O4/c1-20-12-5-10(9(14)4-11(12)16(18)19)15-6-13(17,7-15)8-2-3-8/h4-5,8,17H,2-3,6-7H2,1H3. The monoisotopic (exact) mass is 282 g/mol. The molecule has 0 spiro atoms. The zero-order valence-electron chi connectivity index (χ0n) is 11.0. The van der Waals surface area contributed by atoms with Gasteiger partial charge >= 0.3 is 5.69 Å². The predicted molar refractivity (Wildman–Crippen MR) is 69.5 cm³/mol. The maximum atomic E-state index is 14.0. The van der Waals surface area contributed by atoms with E-state index in [0.29, 0.717) is 19.0 Å². The van der Waals surface area contributed by atoms with Crippen LogP contribution in [0.4, 0.5) is 15.8 Å². The van der Waals surface area contributed by atoms with Crippen molar-refractivity contribution >= 4 is 11.4 Å². The largest absolute Gasteiger partial charge is 0.490 e. The molecule has 1 aromatic rings. The topological polar surface area (TPSA) is 75.8 Å². The Hall–Kier alpha value is -1.89. The van der Waals surface area contributed by atoms with Crippen LogP contribution in [0.15, 0.2) is 12.1 Å². The van der Waals surface area contributed by atoms with E-state index < -0.39 is 22.0 Å². The van der Waals surface area contributed by atoms with E-state index in [4.69, 9.17) is 4.74 Å². The van der Waals surface area contributed by atoms with Crippen LogP contribution in [0.1, 0.15) is 12.8 Å². The van der Waals surface area contributed by atoms with Gasteiger partial charge in [0.1, 0.15) is 5.60 Å². The third-order valence-corrected chi connectivity index (χ3v) is 4.05. The molecule has 1 saturated heterocycles. The Balaban J connectivity index is 1.85. The zero-order valence-corrected chi connectivity index (χ0v) is 11.0. The normalized spacial score (nSPS) is 20.4. The fourth-order valence-electron chi connectivity index (χ4n) is 2.74. The molecule has 1 N–H and O–H groups in total. The number of nitro benzene ring substituents is 1. The van der Waals surface area contributed by atoms with Gasteiger partial charge in [-0.15, -0.1) is 0 Å². The molecule has 2 fully saturated rings. The number of methoxy groups -OCH3 is 1. The Morgan fingerprint density at radius 3 is 2.65 bits per heavy atom. The first-order chi connectivity index (χ1) is 9.44. The molecule has 0 atom stereocenters. The van der Waals surface area contributed by atoms with Crippen LogP contribution in [-0.4, -0.2) is 35.8 Å². The highest BCUT2D eigenvalue weighted by Crippen LogP contribution is 2.47. The van der Waals surface area contributed by atoms with Crippen molar-refractivity contribution < 1.29 is 19.2 Å². The Kier molecular flexibility index (Phi) is 2.82. The Morgan fingerprint density at radius 2 is 2.15 bits per heavy atom. The summed E-state index contributed by atoms with van der Waals surface area (Å²) in [7, 11) is 1.31. The zero-order chi connectivity index (χ0) is 14.5. The molecule has 0 unspecified atom stereocenters. The van der Waals surface area contributed by atoms with E-state index in [1.165, 1.54) is 13.2 Å². The Bertz CT molecular complexity index is 568. The first-order valence-corrected chi connectivity index (χ1v) is 6.44. The maximum Gasteiger partial charge on any atom is 0.313 e. The van der Waals surface area contributed by atoms with Crippen molar-refractivity contribution in [1.82, 2.24) is 0 Å². The van der Waals surface area contributed by atoms with E-state index in [9.17, 15) is 19.6 Å². The van der Waals surface area contributed by atoms with Crippen LogP contribution in [0, 0.1) is 21.8 Å². The van der Waals surface area contributed by atoms with Gasteiger partial charge in [-0.1, -0.05) is 0 Å². The van der Waals surface area contributed by atoms with Crippen LogP contribution in [0.25, 0.3) is 0 Å². The number of hydrogen-bond donors (Lipinski definition) is 1. The van der Waals surface area contributed by atoms with Gasteiger partial charge in [0.25, 0.3) is 0 Å². The third-order valence-electron chi connectivity index (χ3n) is 4.05. The minimum atomic E-state index is -0.735. The molecule has 2 aliphatic rings. The van der Waals surface area contributed by atoms with Crippen molar-refractivity contribution in [3.05, 3.63) is 28.1 Å². The van der Waals surface area contributed by atoms with Crippen molar-refractivity contribution in [1.29, 1.82) is 0 Å². The summed E-state index contributed by atoms with van der Waals surface area (Å²) >= 11 is 0. The molecule has 0 bridgehead atoms. The van der Waals surface area contributed by atoms with Crippen molar-refractivity contribution in [2.45, 2.75) is 18.4 Å². The van der Waals surface area contributed by atoms with Gasteiger partial charge in [0.05, 0.1) is 23.8 Å². The predicted octanol–water partition coefficient (Wildman–Crippen LogP) is 1.70. The summed E-state index contributed by atoms with van der Waals surface area (Å²) in [6.07, 6.45) is 2.02. The molecule has 7 heteroatoms. The van der Waals surface area contributed by atoms with Crippen molar-refractivity contribution in [2.75, 3.05) is 25.1 Å². The molecule has 20 heavy (non-hydrogen) atoms. The van der Waals surface area contributed by atoms with E-state index in [2.05, 4.69) is 0 Å². The van der Waals surface area contributed by atoms with E-state index in [0.717, 1.165) is 18.9 Å². The summed E-state index contributed by atoms with van der Waals surface area (Å²) in [5.74, 6) is -0.342. The number of nitro groups is 1. The van der Waals surface area contributed by atoms with E-state index in [-0.39, 0.29) is 11.4 Å². The van der Waals surface area contributed by atoms with Gasteiger partial charge in [-0.25, -0.2) is 4.39 Å². The van der Waals surface area contributed by atoms with Crippen LogP contribution in [0.5, 0.6) is 5.75 Å². The van der Waals surface area contributed by atoms with Crippen molar-refractivity contribution in [2.24, 2.45) is 5.92 Å². The molecule has 1 saturated carbocycles. The fourth-order valence-corrected chi connectivity index (χ4v) is 2.74. The molecule has 1 aromatic carbocycles. The maximum absolute atomic E-state index is 14.0. The van der Waals surface area contributed by atoms with Gasteiger partial charge in [-0.2, -0.15) is 0 Å². The molecule has 0 radical (unpaired) electrons. The number of hydrogen-bond acceptors (Lipinski definition) is 5. The van der Waals surface area contributed by atoms with Gasteiger partial charge in [-0.3, -0.25) is 10.1 Å². The van der Waals surface area contributed by atoms with Crippen LogP contribution >= 0.6 is 0 Å². The van der Waals surface area contributed by atoms with Crippen LogP contribution in [0.3, 0.4) is 0 Å². The Morgan fingerprint density at radius 1 is 1.50 bits per heavy atom. The lowest BCUT2D eigenvalue weighted by atomic mass is 9.88. The summed E-state index contributed by atoms with van der Waals surface area (Å²) in [5, 5.41) is 21.0. The number of halogens is 1. The molecule has 1 heterocycles. The Labute approximate surface area is 114 Å². The molecule has 1 aliphatic heterocycles. The number of benzene rings is 1. The number of aliphatic hydroxyl groups is 1. The minimum absolute atomic E-state index is 0.0215. The average Bonchev–Trinajstić information content (AvgIpc) is 3.19. The van der Waals surface area contributed by atoms with Gasteiger partial charge < -0.3 is 14.7 Å². The second kappa shape index (κ2) is 4.31. The second-order valence-corrected chi connectivity index (χ2v) is 5.47. The summed E-state index contributed by atoms with van der Waals surface area (Å²) < 4.78 is 18.9. The van der Waals surface area contributed by atoms with Crippen molar-refractivity contribution in [3.63, 3.8) is 0 Å². The SMILES string of the molecule is COc1cc(N2CC(O)(C3CC3)C2)c(F)cc1[N+](=O)[O-]. The van der Waals surface area contributed by atoms with E-state index in [1.54, 1.807) is 4.90 Å². The molecular weight excluding hydrogens is 267 g/mol. The highest BCUT2D eigenvalue weighted by atomic mass is 19.1. The average molecular weight is 282 g/mol. The van der Waals surface area contributed by atoms with Gasteiger partial charge in [0.15, 0.2) is 11.6 Å². The minimum Gasteiger partial charge on any atom is -0.490 e. The quantitative estimate of drug-likeness (QED) is 0.672. The first-order valence-electron chi connectivity index (χ1n) is 6.44. The van der Waals surface area contributed by atoms with Crippen LogP contribution in [0.2, 0.25) is 0 Å². The highest BCUT2D eigenvalue weighted by Gasteiger charge is 2.52. The second-order valence-electron chi connectivity index (χ2n) is 5.47. The number of rotatable bonds is 4. The number of β-amino-alcohol motifs (C(OH)–C–C–N with tert-alkyl or cyclic N) is 1. The van der Waals surface area contributed by atoms with Crippen LogP contribution < -0.4 is 9.64 Å². The van der Waals surface area contributed by atoms with E-state index in [1.807, 2.05) is 0 Å². The number of nitrogens with zero attached hydrogens (tertiary/aromatic N) is 2. The molecule has 108 valence electrons. The summed E-state index contributed by atoms with van der Waals surface area (Å²) in [4.78, 5) is 11.8. The molecular formula is C13H15FN2O4. The molecule has 3 rings (SSSR count). The van der Waals surface area contributed by atoms with E-state index >= 15 is 0 Å². The molecule has 6 nitrogen and oxygen atoms in total.